The second-order valence-electron chi connectivity index (χ2n) is 5.40. The molecular weight excluding hydrogens is 300 g/mol. The van der Waals surface area contributed by atoms with Gasteiger partial charge in [-0.15, -0.1) is 0 Å². The number of fused-ring (bicyclic) bond motifs is 1. The van der Waals surface area contributed by atoms with Crippen LogP contribution in [0.5, 0.6) is 0 Å². The molecule has 0 aliphatic carbocycles. The van der Waals surface area contributed by atoms with E-state index >= 15 is 0 Å². The van der Waals surface area contributed by atoms with Crippen molar-refractivity contribution < 1.29 is 9.21 Å². The van der Waals surface area contributed by atoms with Crippen LogP contribution in [0.3, 0.4) is 0 Å². The molecule has 6 nitrogen and oxygen atoms in total. The molecule has 2 aromatic heterocycles. The number of carbonyl (C=O) groups is 1. The molecular formula is C15H14N4O2S. The smallest absolute Gasteiger partial charge is 0.275 e. The predicted octanol–water partition coefficient (Wildman–Crippen LogP) is 2.70. The number of nitrogens with zero attached hydrogens (tertiary/aromatic N) is 4. The zero-order chi connectivity index (χ0) is 14.9. The summed E-state index contributed by atoms with van der Waals surface area (Å²) < 4.78 is 13.8. The molecule has 0 radical (unpaired) electrons. The number of rotatable bonds is 2. The van der Waals surface area contributed by atoms with Crippen LogP contribution in [-0.2, 0) is 0 Å². The minimum Gasteiger partial charge on any atom is -0.440 e. The van der Waals surface area contributed by atoms with E-state index in [1.807, 2.05) is 29.2 Å². The first kappa shape index (κ1) is 13.4. The molecule has 3 heterocycles. The van der Waals surface area contributed by atoms with Crippen LogP contribution in [0.1, 0.15) is 35.1 Å². The molecule has 4 rings (SSSR count). The highest BCUT2D eigenvalue weighted by Crippen LogP contribution is 2.29. The molecule has 1 atom stereocenters. The lowest BCUT2D eigenvalue weighted by Crippen LogP contribution is -2.39. The fourth-order valence-electron chi connectivity index (χ4n) is 2.85. The van der Waals surface area contributed by atoms with Gasteiger partial charge in [-0.05, 0) is 25.0 Å². The van der Waals surface area contributed by atoms with Gasteiger partial charge in [-0.2, -0.15) is 8.75 Å². The second kappa shape index (κ2) is 5.49. The van der Waals surface area contributed by atoms with Crippen LogP contribution in [0.2, 0.25) is 0 Å². The molecule has 3 aromatic rings. The van der Waals surface area contributed by atoms with Crippen molar-refractivity contribution in [3.63, 3.8) is 0 Å². The largest absolute Gasteiger partial charge is 0.440 e. The Morgan fingerprint density at radius 2 is 2.27 bits per heavy atom. The van der Waals surface area contributed by atoms with Crippen molar-refractivity contribution in [2.75, 3.05) is 13.1 Å². The summed E-state index contributed by atoms with van der Waals surface area (Å²) in [5.74, 6) is 0.793. The summed E-state index contributed by atoms with van der Waals surface area (Å²) in [5.41, 5.74) is 2.08. The summed E-state index contributed by atoms with van der Waals surface area (Å²) in [4.78, 5) is 18.8. The highest BCUT2D eigenvalue weighted by Gasteiger charge is 2.29. The van der Waals surface area contributed by atoms with Gasteiger partial charge in [0.15, 0.2) is 17.2 Å². The van der Waals surface area contributed by atoms with Crippen molar-refractivity contribution in [1.29, 1.82) is 0 Å². The molecule has 0 bridgehead atoms. The van der Waals surface area contributed by atoms with Crippen molar-refractivity contribution in [3.8, 4) is 0 Å². The average Bonchev–Trinajstić information content (AvgIpc) is 3.23. The summed E-state index contributed by atoms with van der Waals surface area (Å²) in [6.07, 6.45) is 3.44. The third kappa shape index (κ3) is 2.37. The zero-order valence-corrected chi connectivity index (χ0v) is 12.6. The maximum Gasteiger partial charge on any atom is 0.275 e. The van der Waals surface area contributed by atoms with Crippen LogP contribution in [0, 0.1) is 0 Å². The van der Waals surface area contributed by atoms with E-state index in [0.717, 1.165) is 48.1 Å². The highest BCUT2D eigenvalue weighted by atomic mass is 32.1. The Morgan fingerprint density at radius 1 is 1.36 bits per heavy atom. The van der Waals surface area contributed by atoms with Crippen LogP contribution in [0.15, 0.2) is 34.9 Å². The van der Waals surface area contributed by atoms with Gasteiger partial charge in [0.05, 0.1) is 23.8 Å². The van der Waals surface area contributed by atoms with E-state index in [-0.39, 0.29) is 11.8 Å². The zero-order valence-electron chi connectivity index (χ0n) is 11.8. The normalized spacial score (nSPS) is 18.7. The SMILES string of the molecule is O=C(c1cnsn1)N1CCC[C@@H](c2nc3ccccc3o2)C1. The first-order chi connectivity index (χ1) is 10.8. The Balaban J connectivity index is 1.56. The van der Waals surface area contributed by atoms with Gasteiger partial charge in [-0.3, -0.25) is 4.79 Å². The molecule has 1 aliphatic rings. The van der Waals surface area contributed by atoms with Crippen molar-refractivity contribution in [2.24, 2.45) is 0 Å². The molecule has 0 unspecified atom stereocenters. The Labute approximate surface area is 131 Å². The lowest BCUT2D eigenvalue weighted by Gasteiger charge is -2.30. The molecule has 7 heteroatoms. The third-order valence-corrected chi connectivity index (χ3v) is 4.43. The number of benzene rings is 1. The molecule has 1 fully saturated rings. The van der Waals surface area contributed by atoms with Gasteiger partial charge in [0.2, 0.25) is 0 Å². The Morgan fingerprint density at radius 3 is 3.09 bits per heavy atom. The number of oxazole rings is 1. The number of para-hydroxylation sites is 2. The Hall–Kier alpha value is -2.28. The van der Waals surface area contributed by atoms with Crippen molar-refractivity contribution in [3.05, 3.63) is 42.0 Å². The molecule has 1 saturated heterocycles. The van der Waals surface area contributed by atoms with Gasteiger partial charge in [0, 0.05) is 13.1 Å². The monoisotopic (exact) mass is 314 g/mol. The Kier molecular flexibility index (Phi) is 3.34. The summed E-state index contributed by atoms with van der Waals surface area (Å²) in [6, 6.07) is 7.73. The quantitative estimate of drug-likeness (QED) is 0.727. The molecule has 1 aromatic carbocycles. The number of aromatic nitrogens is 3. The second-order valence-corrected chi connectivity index (χ2v) is 5.96. The van der Waals surface area contributed by atoms with Gasteiger partial charge in [-0.1, -0.05) is 12.1 Å². The van der Waals surface area contributed by atoms with Crippen LogP contribution in [0.25, 0.3) is 11.1 Å². The van der Waals surface area contributed by atoms with Crippen LogP contribution < -0.4 is 0 Å². The topological polar surface area (TPSA) is 72.1 Å². The predicted molar refractivity (Wildman–Crippen MR) is 81.8 cm³/mol. The Bertz CT molecular complexity index is 766. The maximum absolute atomic E-state index is 12.4. The van der Waals surface area contributed by atoms with E-state index in [9.17, 15) is 4.79 Å². The van der Waals surface area contributed by atoms with Crippen LogP contribution in [-0.4, -0.2) is 37.6 Å². The molecule has 0 saturated carbocycles. The van der Waals surface area contributed by atoms with E-state index in [1.54, 1.807) is 0 Å². The third-order valence-electron chi connectivity index (χ3n) is 3.95. The number of hydrogen-bond donors (Lipinski definition) is 0. The molecule has 1 aliphatic heterocycles. The van der Waals surface area contributed by atoms with E-state index < -0.39 is 0 Å². The summed E-state index contributed by atoms with van der Waals surface area (Å²) in [6.45, 7) is 1.36. The fourth-order valence-corrected chi connectivity index (χ4v) is 3.26. The number of piperidine rings is 1. The number of carbonyl (C=O) groups excluding carboxylic acids is 1. The average molecular weight is 314 g/mol. The molecule has 1 amide bonds. The van der Waals surface area contributed by atoms with Gasteiger partial charge in [-0.25, -0.2) is 4.98 Å². The van der Waals surface area contributed by atoms with Gasteiger partial charge in [0.1, 0.15) is 5.52 Å². The molecule has 112 valence electrons. The van der Waals surface area contributed by atoms with Crippen molar-refractivity contribution in [1.82, 2.24) is 18.6 Å². The van der Waals surface area contributed by atoms with Crippen LogP contribution >= 0.6 is 11.7 Å². The van der Waals surface area contributed by atoms with E-state index in [0.29, 0.717) is 12.2 Å². The van der Waals surface area contributed by atoms with Crippen molar-refractivity contribution >= 4 is 28.7 Å². The number of amides is 1. The highest BCUT2D eigenvalue weighted by molar-refractivity contribution is 6.99. The number of hydrogen-bond acceptors (Lipinski definition) is 6. The lowest BCUT2D eigenvalue weighted by atomic mass is 9.98. The summed E-state index contributed by atoms with van der Waals surface area (Å²) in [7, 11) is 0. The molecule has 22 heavy (non-hydrogen) atoms. The first-order valence-corrected chi connectivity index (χ1v) is 7.96. The van der Waals surface area contributed by atoms with Gasteiger partial charge in [0.25, 0.3) is 5.91 Å². The summed E-state index contributed by atoms with van der Waals surface area (Å²) >= 11 is 1.05. The minimum atomic E-state index is -0.0606. The lowest BCUT2D eigenvalue weighted by molar-refractivity contribution is 0.0694. The standard InChI is InChI=1S/C15H14N4O2S/c20-15(12-8-16-22-18-12)19-7-3-4-10(9-19)14-17-11-5-1-2-6-13(11)21-14/h1-2,5-6,8,10H,3-4,7,9H2/t10-/m1/s1. The maximum atomic E-state index is 12.4. The van der Waals surface area contributed by atoms with Crippen LogP contribution in [0.4, 0.5) is 0 Å². The van der Waals surface area contributed by atoms with Gasteiger partial charge >= 0.3 is 0 Å². The van der Waals surface area contributed by atoms with E-state index in [1.165, 1.54) is 6.20 Å². The molecule has 0 N–H and O–H groups in total. The fraction of sp³-hybridized carbons (Fsp3) is 0.333. The summed E-state index contributed by atoms with van der Waals surface area (Å²) in [5, 5.41) is 0. The van der Waals surface area contributed by atoms with E-state index in [2.05, 4.69) is 13.7 Å². The van der Waals surface area contributed by atoms with E-state index in [4.69, 9.17) is 4.42 Å². The first-order valence-electron chi connectivity index (χ1n) is 7.23. The molecule has 0 spiro atoms. The number of likely N-dealkylation sites (tertiary alicyclic amines) is 1. The van der Waals surface area contributed by atoms with Gasteiger partial charge < -0.3 is 9.32 Å². The van der Waals surface area contributed by atoms with Crippen molar-refractivity contribution in [2.45, 2.75) is 18.8 Å². The minimum absolute atomic E-state index is 0.0606.